The van der Waals surface area contributed by atoms with E-state index in [0.717, 1.165) is 6.29 Å². The van der Waals surface area contributed by atoms with Crippen LogP contribution in [0.4, 0.5) is 0 Å². The third-order valence-electron chi connectivity index (χ3n) is 1.88. The molecular weight excluding hydrogens is 170 g/mol. The average Bonchev–Trinajstić information content (AvgIpc) is 2.63. The number of carbonyl (C=O) groups excluding carboxylic acids is 1. The van der Waals surface area contributed by atoms with Crippen LogP contribution >= 0.6 is 0 Å². The van der Waals surface area contributed by atoms with Crippen molar-refractivity contribution in [1.82, 2.24) is 5.16 Å². The lowest BCUT2D eigenvalue weighted by molar-refractivity contribution is 0.112. The Bertz CT molecular complexity index is 447. The molecule has 4 heteroatoms. The molecule has 1 heterocycles. The summed E-state index contributed by atoms with van der Waals surface area (Å²) in [7, 11) is 1.52. The highest BCUT2D eigenvalue weighted by molar-refractivity contribution is 5.98. The van der Waals surface area contributed by atoms with E-state index in [1.807, 2.05) is 0 Å². The molecule has 2 aromatic rings. The van der Waals surface area contributed by atoms with Gasteiger partial charge < -0.3 is 9.26 Å². The molecule has 66 valence electrons. The lowest BCUT2D eigenvalue weighted by atomic mass is 10.1. The Balaban J connectivity index is 2.81. The van der Waals surface area contributed by atoms with E-state index in [9.17, 15) is 4.79 Å². The van der Waals surface area contributed by atoms with E-state index in [0.29, 0.717) is 22.3 Å². The normalized spacial score (nSPS) is 10.2. The number of nitrogens with zero attached hydrogens (tertiary/aromatic N) is 1. The fourth-order valence-electron chi connectivity index (χ4n) is 1.24. The van der Waals surface area contributed by atoms with Gasteiger partial charge in [-0.1, -0.05) is 5.16 Å². The van der Waals surface area contributed by atoms with E-state index in [-0.39, 0.29) is 0 Å². The molecule has 0 N–H and O–H groups in total. The number of hydrogen-bond acceptors (Lipinski definition) is 4. The number of methoxy groups -OCH3 is 1. The molecule has 0 aliphatic rings. The van der Waals surface area contributed by atoms with Gasteiger partial charge in [0.25, 0.3) is 0 Å². The van der Waals surface area contributed by atoms with Crippen LogP contribution in [0, 0.1) is 0 Å². The lowest BCUT2D eigenvalue weighted by Crippen LogP contribution is -1.90. The molecule has 0 radical (unpaired) electrons. The number of hydrogen-bond donors (Lipinski definition) is 0. The van der Waals surface area contributed by atoms with E-state index >= 15 is 0 Å². The van der Waals surface area contributed by atoms with Crippen molar-refractivity contribution in [2.45, 2.75) is 0 Å². The smallest absolute Gasteiger partial charge is 0.167 e. The molecule has 0 unspecified atom stereocenters. The molecule has 0 fully saturated rings. The second kappa shape index (κ2) is 2.90. The van der Waals surface area contributed by atoms with Crippen LogP contribution in [0.1, 0.15) is 10.4 Å². The molecule has 13 heavy (non-hydrogen) atoms. The number of fused-ring (bicyclic) bond motifs is 1. The highest BCUT2D eigenvalue weighted by atomic mass is 16.5. The molecule has 0 saturated carbocycles. The second-order valence-corrected chi connectivity index (χ2v) is 2.54. The zero-order valence-corrected chi connectivity index (χ0v) is 6.98. The summed E-state index contributed by atoms with van der Waals surface area (Å²) in [5.74, 6) is 0.533. The molecule has 1 aromatic heterocycles. The van der Waals surface area contributed by atoms with Crippen molar-refractivity contribution in [2.24, 2.45) is 0 Å². The molecule has 0 atom stereocenters. The van der Waals surface area contributed by atoms with Gasteiger partial charge in [0.1, 0.15) is 5.75 Å². The van der Waals surface area contributed by atoms with Crippen LogP contribution < -0.4 is 4.74 Å². The van der Waals surface area contributed by atoms with Crippen LogP contribution in [0.2, 0.25) is 0 Å². The first-order valence-corrected chi connectivity index (χ1v) is 3.73. The summed E-state index contributed by atoms with van der Waals surface area (Å²) in [6, 6.07) is 3.39. The van der Waals surface area contributed by atoms with Crippen LogP contribution in [0.3, 0.4) is 0 Å². The van der Waals surface area contributed by atoms with Gasteiger partial charge in [-0.05, 0) is 12.1 Å². The summed E-state index contributed by atoms with van der Waals surface area (Å²) in [5, 5.41) is 4.27. The maximum atomic E-state index is 10.7. The van der Waals surface area contributed by atoms with Crippen LogP contribution in [0.5, 0.6) is 5.75 Å². The fraction of sp³-hybridized carbons (Fsp3) is 0.111. The van der Waals surface area contributed by atoms with Crippen molar-refractivity contribution in [3.63, 3.8) is 0 Å². The summed E-state index contributed by atoms with van der Waals surface area (Å²) < 4.78 is 9.91. The number of rotatable bonds is 2. The predicted octanol–water partition coefficient (Wildman–Crippen LogP) is 1.65. The molecule has 0 aliphatic heterocycles. The highest BCUT2D eigenvalue weighted by Crippen LogP contribution is 2.25. The van der Waals surface area contributed by atoms with Crippen LogP contribution in [0.15, 0.2) is 22.9 Å². The van der Waals surface area contributed by atoms with E-state index in [2.05, 4.69) is 5.16 Å². The summed E-state index contributed by atoms with van der Waals surface area (Å²) in [5.41, 5.74) is 1.06. The summed E-state index contributed by atoms with van der Waals surface area (Å²) >= 11 is 0. The first kappa shape index (κ1) is 7.79. The molecule has 0 bridgehead atoms. The topological polar surface area (TPSA) is 52.3 Å². The number of ether oxygens (including phenoxy) is 1. The molecule has 0 amide bonds. The van der Waals surface area contributed by atoms with Crippen molar-refractivity contribution < 1.29 is 14.1 Å². The van der Waals surface area contributed by atoms with Crippen LogP contribution in [0.25, 0.3) is 11.0 Å². The Morgan fingerprint density at radius 2 is 2.38 bits per heavy atom. The summed E-state index contributed by atoms with van der Waals surface area (Å²) in [6.45, 7) is 0. The zero-order chi connectivity index (χ0) is 9.26. The number of aldehydes is 1. The molecule has 0 aliphatic carbocycles. The largest absolute Gasteiger partial charge is 0.496 e. The monoisotopic (exact) mass is 177 g/mol. The van der Waals surface area contributed by atoms with E-state index in [4.69, 9.17) is 9.26 Å². The van der Waals surface area contributed by atoms with Crippen molar-refractivity contribution in [3.05, 3.63) is 23.9 Å². The molecule has 0 saturated heterocycles. The van der Waals surface area contributed by atoms with Gasteiger partial charge in [0.05, 0.1) is 24.3 Å². The summed E-state index contributed by atoms with van der Waals surface area (Å²) in [6.07, 6.45) is 2.24. The standard InChI is InChI=1S/C9H7NO3/c1-12-8-2-3-9-6(4-10-13-9)7(8)5-11/h2-5H,1H3. The Morgan fingerprint density at radius 1 is 1.54 bits per heavy atom. The SMILES string of the molecule is COc1ccc2oncc2c1C=O. The maximum Gasteiger partial charge on any atom is 0.167 e. The van der Waals surface area contributed by atoms with E-state index in [1.165, 1.54) is 13.3 Å². The molecule has 2 rings (SSSR count). The summed E-state index contributed by atoms with van der Waals surface area (Å²) in [4.78, 5) is 10.7. The number of aromatic nitrogens is 1. The third kappa shape index (κ3) is 1.07. The minimum Gasteiger partial charge on any atom is -0.496 e. The second-order valence-electron chi connectivity index (χ2n) is 2.54. The minimum atomic E-state index is 0.473. The number of benzene rings is 1. The zero-order valence-electron chi connectivity index (χ0n) is 6.98. The van der Waals surface area contributed by atoms with Gasteiger partial charge in [-0.3, -0.25) is 4.79 Å². The Kier molecular flexibility index (Phi) is 1.73. The van der Waals surface area contributed by atoms with Gasteiger partial charge >= 0.3 is 0 Å². The van der Waals surface area contributed by atoms with Gasteiger partial charge in [0.2, 0.25) is 0 Å². The van der Waals surface area contributed by atoms with Gasteiger partial charge in [-0.25, -0.2) is 0 Å². The molecule has 4 nitrogen and oxygen atoms in total. The molecular formula is C9H7NO3. The number of carbonyl (C=O) groups is 1. The Labute approximate surface area is 74.1 Å². The van der Waals surface area contributed by atoms with E-state index in [1.54, 1.807) is 12.1 Å². The van der Waals surface area contributed by atoms with Crippen molar-refractivity contribution >= 4 is 17.3 Å². The minimum absolute atomic E-state index is 0.473. The Hall–Kier alpha value is -1.84. The lowest BCUT2D eigenvalue weighted by Gasteiger charge is -2.01. The molecule has 0 spiro atoms. The third-order valence-corrected chi connectivity index (χ3v) is 1.88. The highest BCUT2D eigenvalue weighted by Gasteiger charge is 2.09. The van der Waals surface area contributed by atoms with Gasteiger partial charge in [-0.15, -0.1) is 0 Å². The van der Waals surface area contributed by atoms with Crippen molar-refractivity contribution in [3.8, 4) is 5.75 Å². The maximum absolute atomic E-state index is 10.7. The molecule has 1 aromatic carbocycles. The van der Waals surface area contributed by atoms with Crippen LogP contribution in [-0.4, -0.2) is 18.6 Å². The first-order chi connectivity index (χ1) is 6.36. The predicted molar refractivity (Wildman–Crippen MR) is 45.9 cm³/mol. The van der Waals surface area contributed by atoms with Gasteiger partial charge in [0, 0.05) is 0 Å². The van der Waals surface area contributed by atoms with Gasteiger partial charge in [0.15, 0.2) is 11.9 Å². The van der Waals surface area contributed by atoms with Crippen LogP contribution in [-0.2, 0) is 0 Å². The van der Waals surface area contributed by atoms with Gasteiger partial charge in [-0.2, -0.15) is 0 Å². The van der Waals surface area contributed by atoms with E-state index < -0.39 is 0 Å². The average molecular weight is 177 g/mol. The first-order valence-electron chi connectivity index (χ1n) is 3.73. The van der Waals surface area contributed by atoms with Crippen molar-refractivity contribution in [1.29, 1.82) is 0 Å². The van der Waals surface area contributed by atoms with Crippen molar-refractivity contribution in [2.75, 3.05) is 7.11 Å². The fourth-order valence-corrected chi connectivity index (χ4v) is 1.24. The quantitative estimate of drug-likeness (QED) is 0.654. The Morgan fingerprint density at radius 3 is 3.08 bits per heavy atom.